The second-order valence-electron chi connectivity index (χ2n) is 4.80. The number of amides is 1. The van der Waals surface area contributed by atoms with E-state index < -0.39 is 0 Å². The fraction of sp³-hybridized carbons (Fsp3) is 0.615. The van der Waals surface area contributed by atoms with Gasteiger partial charge in [0, 0.05) is 25.6 Å². The molecule has 1 fully saturated rings. The third-order valence-electron chi connectivity index (χ3n) is 3.00. The number of rotatable bonds is 8. The molecule has 0 spiro atoms. The summed E-state index contributed by atoms with van der Waals surface area (Å²) < 4.78 is 0.821. The molecule has 2 rings (SSSR count). The number of halogens is 1. The number of carbonyl (C=O) groups excluding carboxylic acids is 1. The lowest BCUT2D eigenvalue weighted by Gasteiger charge is -2.11. The average molecular weight is 342 g/mol. The summed E-state index contributed by atoms with van der Waals surface area (Å²) in [5.41, 5.74) is 0. The van der Waals surface area contributed by atoms with Crippen molar-refractivity contribution in [3.8, 4) is 0 Å². The van der Waals surface area contributed by atoms with Gasteiger partial charge in [0.05, 0.1) is 0 Å². The third kappa shape index (κ3) is 4.33. The van der Waals surface area contributed by atoms with Crippen molar-refractivity contribution in [1.29, 1.82) is 0 Å². The van der Waals surface area contributed by atoms with Gasteiger partial charge in [-0.15, -0.1) is 0 Å². The molecule has 0 unspecified atom stereocenters. The van der Waals surface area contributed by atoms with Crippen molar-refractivity contribution in [1.82, 2.24) is 15.3 Å². The Morgan fingerprint density at radius 2 is 1.90 bits per heavy atom. The Morgan fingerprint density at radius 1 is 1.25 bits per heavy atom. The molecule has 1 aliphatic rings. The maximum Gasteiger partial charge on any atom is 0.223 e. The van der Waals surface area contributed by atoms with Crippen LogP contribution in [-0.4, -0.2) is 35.5 Å². The highest BCUT2D eigenvalue weighted by Crippen LogP contribution is 2.28. The average Bonchev–Trinajstić information content (AvgIpc) is 3.28. The Morgan fingerprint density at radius 3 is 2.50 bits per heavy atom. The van der Waals surface area contributed by atoms with Crippen LogP contribution in [0.15, 0.2) is 10.8 Å². The zero-order valence-electron chi connectivity index (χ0n) is 11.6. The number of aromatic nitrogens is 2. The zero-order chi connectivity index (χ0) is 14.4. The van der Waals surface area contributed by atoms with E-state index in [1.807, 2.05) is 0 Å². The SMILES string of the molecule is CCCNc1ncnc(NCCNC(=O)C2CC2)c1Br. The minimum absolute atomic E-state index is 0.166. The normalized spacial score (nSPS) is 13.9. The molecule has 1 heterocycles. The van der Waals surface area contributed by atoms with Crippen LogP contribution in [0.3, 0.4) is 0 Å². The van der Waals surface area contributed by atoms with Crippen molar-refractivity contribution in [2.24, 2.45) is 5.92 Å². The lowest BCUT2D eigenvalue weighted by Crippen LogP contribution is -2.30. The van der Waals surface area contributed by atoms with Crippen molar-refractivity contribution in [2.45, 2.75) is 26.2 Å². The van der Waals surface area contributed by atoms with Crippen LogP contribution in [0.2, 0.25) is 0 Å². The van der Waals surface area contributed by atoms with Gasteiger partial charge < -0.3 is 16.0 Å². The highest BCUT2D eigenvalue weighted by molar-refractivity contribution is 9.10. The molecule has 0 aromatic carbocycles. The molecule has 7 heteroatoms. The quantitative estimate of drug-likeness (QED) is 0.630. The van der Waals surface area contributed by atoms with E-state index >= 15 is 0 Å². The second kappa shape index (κ2) is 7.42. The smallest absolute Gasteiger partial charge is 0.223 e. The van der Waals surface area contributed by atoms with Crippen molar-refractivity contribution in [2.75, 3.05) is 30.3 Å². The summed E-state index contributed by atoms with van der Waals surface area (Å²) in [5.74, 6) is 1.94. The molecule has 1 amide bonds. The van der Waals surface area contributed by atoms with E-state index in [-0.39, 0.29) is 11.8 Å². The van der Waals surface area contributed by atoms with Crippen molar-refractivity contribution in [3.05, 3.63) is 10.8 Å². The Hall–Kier alpha value is -1.37. The van der Waals surface area contributed by atoms with E-state index in [1.165, 1.54) is 6.33 Å². The number of hydrogen-bond acceptors (Lipinski definition) is 5. The summed E-state index contributed by atoms with van der Waals surface area (Å²) in [6, 6.07) is 0. The van der Waals surface area contributed by atoms with Crippen molar-refractivity contribution in [3.63, 3.8) is 0 Å². The maximum absolute atomic E-state index is 11.5. The first-order valence-electron chi connectivity index (χ1n) is 6.98. The number of nitrogens with one attached hydrogen (secondary N) is 3. The van der Waals surface area contributed by atoms with E-state index in [0.29, 0.717) is 13.1 Å². The Labute approximate surface area is 127 Å². The largest absolute Gasteiger partial charge is 0.369 e. The molecule has 20 heavy (non-hydrogen) atoms. The van der Waals surface area contributed by atoms with Crippen LogP contribution in [0.1, 0.15) is 26.2 Å². The van der Waals surface area contributed by atoms with E-state index in [0.717, 1.165) is 41.9 Å². The van der Waals surface area contributed by atoms with Gasteiger partial charge in [-0.3, -0.25) is 4.79 Å². The Kier molecular flexibility index (Phi) is 5.58. The predicted octanol–water partition coefficient (Wildman–Crippen LogP) is 2.00. The fourth-order valence-electron chi connectivity index (χ4n) is 1.72. The van der Waals surface area contributed by atoms with Crippen LogP contribution >= 0.6 is 15.9 Å². The van der Waals surface area contributed by atoms with Gasteiger partial charge in [0.15, 0.2) is 0 Å². The first kappa shape index (κ1) is 15.0. The monoisotopic (exact) mass is 341 g/mol. The van der Waals surface area contributed by atoms with E-state index in [2.05, 4.69) is 48.8 Å². The molecule has 1 aromatic rings. The third-order valence-corrected chi connectivity index (χ3v) is 3.75. The van der Waals surface area contributed by atoms with E-state index in [1.54, 1.807) is 0 Å². The molecule has 0 bridgehead atoms. The number of nitrogens with zero attached hydrogens (tertiary/aromatic N) is 2. The van der Waals surface area contributed by atoms with Crippen LogP contribution in [-0.2, 0) is 4.79 Å². The molecule has 6 nitrogen and oxygen atoms in total. The summed E-state index contributed by atoms with van der Waals surface area (Å²) in [6.07, 6.45) is 4.62. The van der Waals surface area contributed by atoms with Crippen LogP contribution < -0.4 is 16.0 Å². The minimum atomic E-state index is 0.166. The van der Waals surface area contributed by atoms with Gasteiger partial charge in [0.1, 0.15) is 22.4 Å². The predicted molar refractivity (Wildman–Crippen MR) is 82.7 cm³/mol. The van der Waals surface area contributed by atoms with Gasteiger partial charge in [-0.05, 0) is 35.2 Å². The molecule has 1 saturated carbocycles. The van der Waals surface area contributed by atoms with E-state index in [9.17, 15) is 4.79 Å². The minimum Gasteiger partial charge on any atom is -0.369 e. The summed E-state index contributed by atoms with van der Waals surface area (Å²) >= 11 is 3.49. The van der Waals surface area contributed by atoms with Gasteiger partial charge in [0.2, 0.25) is 5.91 Å². The fourth-order valence-corrected chi connectivity index (χ4v) is 2.20. The van der Waals surface area contributed by atoms with Crippen LogP contribution in [0.4, 0.5) is 11.6 Å². The first-order valence-corrected chi connectivity index (χ1v) is 7.77. The zero-order valence-corrected chi connectivity index (χ0v) is 13.2. The van der Waals surface area contributed by atoms with Gasteiger partial charge in [-0.25, -0.2) is 9.97 Å². The molecule has 0 saturated heterocycles. The van der Waals surface area contributed by atoms with Crippen molar-refractivity contribution >= 4 is 33.5 Å². The van der Waals surface area contributed by atoms with Gasteiger partial charge in [-0.2, -0.15) is 0 Å². The van der Waals surface area contributed by atoms with Crippen LogP contribution in [0, 0.1) is 5.92 Å². The number of carbonyl (C=O) groups is 1. The lowest BCUT2D eigenvalue weighted by atomic mass is 10.4. The number of anilines is 2. The summed E-state index contributed by atoms with van der Waals surface area (Å²) in [4.78, 5) is 19.8. The molecular formula is C13H20BrN5O. The Bertz CT molecular complexity index is 464. The highest BCUT2D eigenvalue weighted by Gasteiger charge is 2.28. The molecule has 0 aliphatic heterocycles. The lowest BCUT2D eigenvalue weighted by molar-refractivity contribution is -0.122. The van der Waals surface area contributed by atoms with Crippen LogP contribution in [0.5, 0.6) is 0 Å². The molecule has 3 N–H and O–H groups in total. The number of hydrogen-bond donors (Lipinski definition) is 3. The van der Waals surface area contributed by atoms with E-state index in [4.69, 9.17) is 0 Å². The van der Waals surface area contributed by atoms with Crippen molar-refractivity contribution < 1.29 is 4.79 Å². The summed E-state index contributed by atoms with van der Waals surface area (Å²) in [7, 11) is 0. The van der Waals surface area contributed by atoms with Crippen LogP contribution in [0.25, 0.3) is 0 Å². The molecule has 1 aliphatic carbocycles. The van der Waals surface area contributed by atoms with Gasteiger partial charge >= 0.3 is 0 Å². The summed E-state index contributed by atoms with van der Waals surface area (Å²) in [6.45, 7) is 4.21. The second-order valence-corrected chi connectivity index (χ2v) is 5.60. The molecule has 110 valence electrons. The molecule has 0 atom stereocenters. The first-order chi connectivity index (χ1) is 9.72. The summed E-state index contributed by atoms with van der Waals surface area (Å²) in [5, 5.41) is 9.33. The molecule has 0 radical (unpaired) electrons. The maximum atomic E-state index is 11.5. The highest BCUT2D eigenvalue weighted by atomic mass is 79.9. The van der Waals surface area contributed by atoms with Gasteiger partial charge in [0.25, 0.3) is 0 Å². The molecular weight excluding hydrogens is 322 g/mol. The standard InChI is InChI=1S/C13H20BrN5O/c1-2-5-15-11-10(14)12(19-8-18-11)16-6-7-17-13(20)9-3-4-9/h8-9H,2-7H2,1H3,(H,17,20)(H2,15,16,18,19). The Balaban J connectivity index is 1.78. The topological polar surface area (TPSA) is 78.9 Å². The van der Waals surface area contributed by atoms with Gasteiger partial charge in [-0.1, -0.05) is 6.92 Å². The molecule has 1 aromatic heterocycles.